The normalized spacial score (nSPS) is 14.8. The van der Waals surface area contributed by atoms with Gasteiger partial charge in [-0.15, -0.1) is 0 Å². The van der Waals surface area contributed by atoms with Crippen LogP contribution in [0.2, 0.25) is 0 Å². The summed E-state index contributed by atoms with van der Waals surface area (Å²) < 4.78 is 10.1. The van der Waals surface area contributed by atoms with Crippen LogP contribution in [0.1, 0.15) is 39.4 Å². The van der Waals surface area contributed by atoms with Gasteiger partial charge in [-0.2, -0.15) is 5.10 Å². The Hall–Kier alpha value is -2.67. The van der Waals surface area contributed by atoms with E-state index in [1.807, 2.05) is 13.0 Å². The summed E-state index contributed by atoms with van der Waals surface area (Å²) in [5.74, 6) is -0.184. The molecule has 1 aliphatic heterocycles. The molecule has 1 fully saturated rings. The van der Waals surface area contributed by atoms with Crippen LogP contribution >= 0.6 is 0 Å². The Kier molecular flexibility index (Phi) is 5.68. The summed E-state index contributed by atoms with van der Waals surface area (Å²) in [6, 6.07) is 7.17. The fourth-order valence-electron chi connectivity index (χ4n) is 3.13. The Labute approximate surface area is 152 Å². The molecule has 138 valence electrons. The molecule has 0 bridgehead atoms. The second-order valence-electron chi connectivity index (χ2n) is 6.41. The Bertz CT molecular complexity index is 794. The van der Waals surface area contributed by atoms with E-state index < -0.39 is 5.97 Å². The number of H-pyrrole nitrogens is 1. The molecule has 0 radical (unpaired) electrons. The number of hydrogen-bond donors (Lipinski definition) is 2. The number of ether oxygens (including phenoxy) is 2. The average molecular weight is 357 g/mol. The second-order valence-corrected chi connectivity index (χ2v) is 6.41. The first-order chi connectivity index (χ1) is 12.6. The molecule has 26 heavy (non-hydrogen) atoms. The molecule has 0 spiro atoms. The summed E-state index contributed by atoms with van der Waals surface area (Å²) in [5.41, 5.74) is 2.90. The molecule has 1 aromatic heterocycles. The van der Waals surface area contributed by atoms with E-state index >= 15 is 0 Å². The van der Waals surface area contributed by atoms with Gasteiger partial charge in [0.25, 0.3) is 5.91 Å². The Morgan fingerprint density at radius 3 is 2.85 bits per heavy atom. The zero-order valence-electron chi connectivity index (χ0n) is 15.0. The molecular formula is C19H23N3O4. The number of esters is 1. The van der Waals surface area contributed by atoms with Crippen molar-refractivity contribution in [3.05, 3.63) is 41.2 Å². The van der Waals surface area contributed by atoms with Gasteiger partial charge < -0.3 is 14.8 Å². The largest absolute Gasteiger partial charge is 0.464 e. The highest BCUT2D eigenvalue weighted by Gasteiger charge is 2.21. The third-order valence-corrected chi connectivity index (χ3v) is 4.63. The first-order valence-corrected chi connectivity index (χ1v) is 8.69. The maximum atomic E-state index is 12.5. The van der Waals surface area contributed by atoms with E-state index in [-0.39, 0.29) is 11.6 Å². The molecule has 0 saturated carbocycles. The Balaban J connectivity index is 1.77. The molecule has 7 nitrogen and oxygen atoms in total. The van der Waals surface area contributed by atoms with E-state index in [9.17, 15) is 9.59 Å². The number of benzene rings is 1. The maximum Gasteiger partial charge on any atom is 0.359 e. The zero-order chi connectivity index (χ0) is 18.5. The van der Waals surface area contributed by atoms with E-state index in [0.29, 0.717) is 23.6 Å². The van der Waals surface area contributed by atoms with Gasteiger partial charge in [0.2, 0.25) is 0 Å². The van der Waals surface area contributed by atoms with Crippen molar-refractivity contribution in [2.75, 3.05) is 26.9 Å². The fourth-order valence-corrected chi connectivity index (χ4v) is 3.13. The minimum atomic E-state index is -0.515. The first-order valence-electron chi connectivity index (χ1n) is 8.69. The van der Waals surface area contributed by atoms with Crippen molar-refractivity contribution < 1.29 is 19.1 Å². The number of nitrogens with zero attached hydrogens (tertiary/aromatic N) is 1. The highest BCUT2D eigenvalue weighted by Crippen LogP contribution is 2.27. The standard InChI is InChI=1S/C19H23N3O4/c1-12-16(17(22-21-12)19(24)25-2)14-4-3-5-15(10-14)18(23)20-11-13-6-8-26-9-7-13/h3-5,10,13H,6-9,11H2,1-2H3,(H,20,23)(H,21,22). The third kappa shape index (κ3) is 3.94. The quantitative estimate of drug-likeness (QED) is 0.801. The summed E-state index contributed by atoms with van der Waals surface area (Å²) in [4.78, 5) is 24.4. The van der Waals surface area contributed by atoms with Gasteiger partial charge in [-0.1, -0.05) is 12.1 Å². The van der Waals surface area contributed by atoms with Crippen LogP contribution < -0.4 is 5.32 Å². The number of aromatic nitrogens is 2. The first kappa shape index (κ1) is 18.1. The van der Waals surface area contributed by atoms with E-state index in [0.717, 1.165) is 37.3 Å². The lowest BCUT2D eigenvalue weighted by atomic mass is 9.99. The number of carbonyl (C=O) groups is 2. The molecule has 0 atom stereocenters. The monoisotopic (exact) mass is 357 g/mol. The van der Waals surface area contributed by atoms with Gasteiger partial charge in [0.05, 0.1) is 7.11 Å². The van der Waals surface area contributed by atoms with E-state index in [4.69, 9.17) is 9.47 Å². The number of aromatic amines is 1. The molecule has 2 aromatic rings. The lowest BCUT2D eigenvalue weighted by molar-refractivity contribution is 0.0594. The van der Waals surface area contributed by atoms with Crippen molar-refractivity contribution >= 4 is 11.9 Å². The summed E-state index contributed by atoms with van der Waals surface area (Å²) >= 11 is 0. The number of aryl methyl sites for hydroxylation is 1. The van der Waals surface area contributed by atoms with Crippen LogP contribution in [-0.4, -0.2) is 48.9 Å². The number of rotatable bonds is 5. The lowest BCUT2D eigenvalue weighted by Crippen LogP contribution is -2.32. The summed E-state index contributed by atoms with van der Waals surface area (Å²) in [6.45, 7) is 3.98. The van der Waals surface area contributed by atoms with Crippen LogP contribution in [0, 0.1) is 12.8 Å². The minimum Gasteiger partial charge on any atom is -0.464 e. The molecule has 2 heterocycles. The zero-order valence-corrected chi connectivity index (χ0v) is 15.0. The number of methoxy groups -OCH3 is 1. The van der Waals surface area contributed by atoms with Crippen molar-refractivity contribution in [3.8, 4) is 11.1 Å². The fraction of sp³-hybridized carbons (Fsp3) is 0.421. The van der Waals surface area contributed by atoms with Gasteiger partial charge in [0.15, 0.2) is 5.69 Å². The van der Waals surface area contributed by atoms with Crippen molar-refractivity contribution in [2.24, 2.45) is 5.92 Å². The number of carbonyl (C=O) groups excluding carboxylic acids is 2. The van der Waals surface area contributed by atoms with Crippen molar-refractivity contribution in [3.63, 3.8) is 0 Å². The van der Waals surface area contributed by atoms with Gasteiger partial charge in [-0.3, -0.25) is 9.89 Å². The molecule has 1 saturated heterocycles. The summed E-state index contributed by atoms with van der Waals surface area (Å²) in [5, 5.41) is 9.82. The number of nitrogens with one attached hydrogen (secondary N) is 2. The molecule has 0 aliphatic carbocycles. The average Bonchev–Trinajstić information content (AvgIpc) is 3.08. The van der Waals surface area contributed by atoms with Gasteiger partial charge in [0.1, 0.15) is 0 Å². The molecule has 2 N–H and O–H groups in total. The van der Waals surface area contributed by atoms with Gasteiger partial charge in [-0.25, -0.2) is 4.79 Å². The van der Waals surface area contributed by atoms with E-state index in [1.54, 1.807) is 18.2 Å². The van der Waals surface area contributed by atoms with Crippen LogP contribution in [0.4, 0.5) is 0 Å². The van der Waals surface area contributed by atoms with E-state index in [1.165, 1.54) is 7.11 Å². The SMILES string of the molecule is COC(=O)c1n[nH]c(C)c1-c1cccc(C(=O)NCC2CCOCC2)c1. The van der Waals surface area contributed by atoms with Crippen LogP contribution in [0.25, 0.3) is 11.1 Å². The van der Waals surface area contributed by atoms with Crippen LogP contribution in [0.15, 0.2) is 24.3 Å². The topological polar surface area (TPSA) is 93.3 Å². The number of amides is 1. The predicted octanol–water partition coefficient (Wildman–Crippen LogP) is 2.33. The molecular weight excluding hydrogens is 334 g/mol. The minimum absolute atomic E-state index is 0.126. The molecule has 0 unspecified atom stereocenters. The maximum absolute atomic E-state index is 12.5. The summed E-state index contributed by atoms with van der Waals surface area (Å²) in [7, 11) is 1.32. The van der Waals surface area contributed by atoms with Crippen molar-refractivity contribution in [1.82, 2.24) is 15.5 Å². The van der Waals surface area contributed by atoms with Gasteiger partial charge in [-0.05, 0) is 43.4 Å². The Morgan fingerprint density at radius 2 is 2.12 bits per heavy atom. The van der Waals surface area contributed by atoms with E-state index in [2.05, 4.69) is 15.5 Å². The molecule has 1 aromatic carbocycles. The van der Waals surface area contributed by atoms with Crippen LogP contribution in [0.5, 0.6) is 0 Å². The van der Waals surface area contributed by atoms with Gasteiger partial charge >= 0.3 is 5.97 Å². The molecule has 1 aliphatic rings. The highest BCUT2D eigenvalue weighted by molar-refractivity contribution is 5.98. The predicted molar refractivity (Wildman–Crippen MR) is 96.0 cm³/mol. The van der Waals surface area contributed by atoms with Crippen molar-refractivity contribution in [2.45, 2.75) is 19.8 Å². The highest BCUT2D eigenvalue weighted by atomic mass is 16.5. The number of hydrogen-bond acceptors (Lipinski definition) is 5. The molecule has 3 rings (SSSR count). The third-order valence-electron chi connectivity index (χ3n) is 4.63. The van der Waals surface area contributed by atoms with Gasteiger partial charge in [0, 0.05) is 36.6 Å². The summed E-state index contributed by atoms with van der Waals surface area (Å²) in [6.07, 6.45) is 1.94. The van der Waals surface area contributed by atoms with Crippen LogP contribution in [-0.2, 0) is 9.47 Å². The van der Waals surface area contributed by atoms with Crippen LogP contribution in [0.3, 0.4) is 0 Å². The second kappa shape index (κ2) is 8.14. The Morgan fingerprint density at radius 1 is 1.35 bits per heavy atom. The smallest absolute Gasteiger partial charge is 0.359 e. The molecule has 1 amide bonds. The molecule has 7 heteroatoms. The van der Waals surface area contributed by atoms with Crippen molar-refractivity contribution in [1.29, 1.82) is 0 Å². The lowest BCUT2D eigenvalue weighted by Gasteiger charge is -2.22.